The molecule has 0 aliphatic rings. The van der Waals surface area contributed by atoms with E-state index in [2.05, 4.69) is 17.9 Å². The van der Waals surface area contributed by atoms with Gasteiger partial charge in [-0.05, 0) is 31.2 Å². The van der Waals surface area contributed by atoms with Crippen molar-refractivity contribution in [2.24, 2.45) is 0 Å². The molecule has 0 heterocycles. The van der Waals surface area contributed by atoms with Crippen LogP contribution in [0.4, 0.5) is 5.69 Å². The highest BCUT2D eigenvalue weighted by molar-refractivity contribution is 7.80. The molecule has 82 valence electrons. The summed E-state index contributed by atoms with van der Waals surface area (Å²) in [4.78, 5) is 10.9. The first-order valence-corrected chi connectivity index (χ1v) is 5.43. The van der Waals surface area contributed by atoms with Crippen molar-refractivity contribution in [3.8, 4) is 0 Å². The van der Waals surface area contributed by atoms with Crippen LogP contribution in [0.5, 0.6) is 0 Å². The van der Waals surface area contributed by atoms with Crippen LogP contribution in [0.2, 0.25) is 0 Å². The maximum atomic E-state index is 10.9. The first kappa shape index (κ1) is 11.9. The zero-order chi connectivity index (χ0) is 11.3. The van der Waals surface area contributed by atoms with Gasteiger partial charge in [0.1, 0.15) is 6.04 Å². The van der Waals surface area contributed by atoms with Crippen molar-refractivity contribution in [3.63, 3.8) is 0 Å². The third-order valence-corrected chi connectivity index (χ3v) is 2.37. The molecule has 0 saturated carbocycles. The van der Waals surface area contributed by atoms with Gasteiger partial charge in [-0.2, -0.15) is 12.6 Å². The number of carboxylic acids is 1. The van der Waals surface area contributed by atoms with Crippen molar-refractivity contribution in [2.75, 3.05) is 11.1 Å². The van der Waals surface area contributed by atoms with Crippen molar-refractivity contribution < 1.29 is 9.90 Å². The number of hydrogen-bond acceptors (Lipinski definition) is 3. The fourth-order valence-electron chi connectivity index (χ4n) is 1.24. The van der Waals surface area contributed by atoms with E-state index >= 15 is 0 Å². The number of benzene rings is 1. The minimum absolute atomic E-state index is 0.506. The third-order valence-electron chi connectivity index (χ3n) is 2.11. The maximum absolute atomic E-state index is 10.9. The summed E-state index contributed by atoms with van der Waals surface area (Å²) in [6.07, 6.45) is 0.506. The van der Waals surface area contributed by atoms with Gasteiger partial charge in [-0.1, -0.05) is 17.7 Å². The average molecular weight is 225 g/mol. The van der Waals surface area contributed by atoms with Crippen LogP contribution in [0, 0.1) is 6.92 Å². The van der Waals surface area contributed by atoms with E-state index in [1.165, 1.54) is 0 Å². The summed E-state index contributed by atoms with van der Waals surface area (Å²) in [5.74, 6) is -0.292. The first-order chi connectivity index (χ1) is 7.13. The topological polar surface area (TPSA) is 49.3 Å². The molecule has 0 aromatic heterocycles. The SMILES string of the molecule is Cc1ccc(N[C@@H](CCS)C(=O)O)cc1. The molecule has 0 aliphatic heterocycles. The summed E-state index contributed by atoms with van der Waals surface area (Å²) in [7, 11) is 0. The molecule has 0 saturated heterocycles. The summed E-state index contributed by atoms with van der Waals surface area (Å²) in [5, 5.41) is 11.9. The second kappa shape index (κ2) is 5.66. The van der Waals surface area contributed by atoms with Gasteiger partial charge >= 0.3 is 5.97 Å². The lowest BCUT2D eigenvalue weighted by atomic mass is 10.2. The number of hydrogen-bond donors (Lipinski definition) is 3. The highest BCUT2D eigenvalue weighted by Gasteiger charge is 2.15. The van der Waals surface area contributed by atoms with Gasteiger partial charge < -0.3 is 10.4 Å². The molecule has 15 heavy (non-hydrogen) atoms. The van der Waals surface area contributed by atoms with E-state index in [1.54, 1.807) is 0 Å². The highest BCUT2D eigenvalue weighted by atomic mass is 32.1. The van der Waals surface area contributed by atoms with Crippen LogP contribution in [0.3, 0.4) is 0 Å². The molecule has 0 spiro atoms. The van der Waals surface area contributed by atoms with Crippen LogP contribution in [0.1, 0.15) is 12.0 Å². The maximum Gasteiger partial charge on any atom is 0.326 e. The molecule has 0 bridgehead atoms. The molecule has 0 unspecified atom stereocenters. The number of nitrogens with one attached hydrogen (secondary N) is 1. The Morgan fingerprint density at radius 3 is 2.53 bits per heavy atom. The van der Waals surface area contributed by atoms with Crippen molar-refractivity contribution in [1.82, 2.24) is 0 Å². The predicted molar refractivity (Wildman–Crippen MR) is 64.7 cm³/mol. The molecule has 4 heteroatoms. The van der Waals surface area contributed by atoms with Gasteiger partial charge in [0, 0.05) is 5.69 Å². The molecular weight excluding hydrogens is 210 g/mol. The summed E-state index contributed by atoms with van der Waals surface area (Å²) in [5.41, 5.74) is 1.98. The van der Waals surface area contributed by atoms with E-state index in [-0.39, 0.29) is 0 Å². The molecular formula is C11H15NO2S. The molecule has 1 aromatic rings. The summed E-state index contributed by atoms with van der Waals surface area (Å²) < 4.78 is 0. The number of rotatable bonds is 5. The minimum Gasteiger partial charge on any atom is -0.480 e. The second-order valence-electron chi connectivity index (χ2n) is 3.41. The van der Waals surface area contributed by atoms with E-state index in [0.717, 1.165) is 11.3 Å². The van der Waals surface area contributed by atoms with Crippen LogP contribution < -0.4 is 5.32 Å². The lowest BCUT2D eigenvalue weighted by Crippen LogP contribution is -2.29. The first-order valence-electron chi connectivity index (χ1n) is 4.80. The van der Waals surface area contributed by atoms with Gasteiger partial charge in [-0.15, -0.1) is 0 Å². The van der Waals surface area contributed by atoms with Gasteiger partial charge in [-0.25, -0.2) is 4.79 Å². The molecule has 1 rings (SSSR count). The Kier molecular flexibility index (Phi) is 4.49. The molecule has 2 N–H and O–H groups in total. The van der Waals surface area contributed by atoms with E-state index in [9.17, 15) is 4.79 Å². The molecule has 3 nitrogen and oxygen atoms in total. The number of aliphatic carboxylic acids is 1. The highest BCUT2D eigenvalue weighted by Crippen LogP contribution is 2.11. The van der Waals surface area contributed by atoms with E-state index < -0.39 is 12.0 Å². The van der Waals surface area contributed by atoms with Crippen LogP contribution in [-0.2, 0) is 4.79 Å². The van der Waals surface area contributed by atoms with Crippen molar-refractivity contribution in [1.29, 1.82) is 0 Å². The Morgan fingerprint density at radius 2 is 2.07 bits per heavy atom. The van der Waals surface area contributed by atoms with Crippen LogP contribution in [-0.4, -0.2) is 22.9 Å². The molecule has 1 aromatic carbocycles. The molecule has 0 aliphatic carbocycles. The summed E-state index contributed by atoms with van der Waals surface area (Å²) in [6, 6.07) is 7.09. The Morgan fingerprint density at radius 1 is 1.47 bits per heavy atom. The van der Waals surface area contributed by atoms with E-state index in [1.807, 2.05) is 31.2 Å². The van der Waals surface area contributed by atoms with Crippen LogP contribution in [0.15, 0.2) is 24.3 Å². The third kappa shape index (κ3) is 3.83. The average Bonchev–Trinajstić information content (AvgIpc) is 2.20. The number of carboxylic acid groups (broad SMARTS) is 1. The quantitative estimate of drug-likeness (QED) is 0.673. The van der Waals surface area contributed by atoms with E-state index in [0.29, 0.717) is 12.2 Å². The number of anilines is 1. The van der Waals surface area contributed by atoms with Gasteiger partial charge in [0.15, 0.2) is 0 Å². The largest absolute Gasteiger partial charge is 0.480 e. The normalized spacial score (nSPS) is 12.1. The molecule has 0 radical (unpaired) electrons. The Labute approximate surface area is 94.9 Å². The van der Waals surface area contributed by atoms with Gasteiger partial charge in [-0.3, -0.25) is 0 Å². The zero-order valence-corrected chi connectivity index (χ0v) is 9.50. The fraction of sp³-hybridized carbons (Fsp3) is 0.364. The Bertz CT molecular complexity index is 324. The Balaban J connectivity index is 2.65. The van der Waals surface area contributed by atoms with Gasteiger partial charge in [0.05, 0.1) is 0 Å². The number of thiol groups is 1. The van der Waals surface area contributed by atoms with E-state index in [4.69, 9.17) is 5.11 Å². The van der Waals surface area contributed by atoms with Crippen LogP contribution >= 0.6 is 12.6 Å². The van der Waals surface area contributed by atoms with Crippen LogP contribution in [0.25, 0.3) is 0 Å². The number of carbonyl (C=O) groups is 1. The summed E-state index contributed by atoms with van der Waals surface area (Å²) in [6.45, 7) is 1.99. The molecule has 0 fully saturated rings. The molecule has 0 amide bonds. The second-order valence-corrected chi connectivity index (χ2v) is 3.86. The lowest BCUT2D eigenvalue weighted by Gasteiger charge is -2.14. The predicted octanol–water partition coefficient (Wildman–Crippen LogP) is 2.18. The van der Waals surface area contributed by atoms with Crippen molar-refractivity contribution in [3.05, 3.63) is 29.8 Å². The zero-order valence-electron chi connectivity index (χ0n) is 8.60. The smallest absolute Gasteiger partial charge is 0.326 e. The van der Waals surface area contributed by atoms with Crippen molar-refractivity contribution >= 4 is 24.3 Å². The standard InChI is InChI=1S/C11H15NO2S/c1-8-2-4-9(5-3-8)12-10(6-7-15)11(13)14/h2-5,10,12,15H,6-7H2,1H3,(H,13,14)/t10-/m0/s1. The number of aryl methyl sites for hydroxylation is 1. The van der Waals surface area contributed by atoms with Gasteiger partial charge in [0.2, 0.25) is 0 Å². The minimum atomic E-state index is -0.843. The monoisotopic (exact) mass is 225 g/mol. The fourth-order valence-corrected chi connectivity index (χ4v) is 1.50. The Hall–Kier alpha value is -1.16. The van der Waals surface area contributed by atoms with Gasteiger partial charge in [0.25, 0.3) is 0 Å². The van der Waals surface area contributed by atoms with Crippen molar-refractivity contribution in [2.45, 2.75) is 19.4 Å². The lowest BCUT2D eigenvalue weighted by molar-refractivity contribution is -0.137. The summed E-state index contributed by atoms with van der Waals surface area (Å²) >= 11 is 4.03. The molecule has 1 atom stereocenters.